The number of ether oxygens (including phenoxy) is 3. The van der Waals surface area contributed by atoms with Crippen LogP contribution in [0.4, 0.5) is 17.3 Å². The Labute approximate surface area is 212 Å². The van der Waals surface area contributed by atoms with Gasteiger partial charge < -0.3 is 19.5 Å². The molecule has 4 rings (SSSR count). The van der Waals surface area contributed by atoms with E-state index in [0.29, 0.717) is 27.6 Å². The third-order valence-electron chi connectivity index (χ3n) is 5.11. The Hall–Kier alpha value is -4.09. The number of rotatable bonds is 8. The fraction of sp³-hybridized carbons (Fsp3) is 0.125. The van der Waals surface area contributed by atoms with Gasteiger partial charge in [0.1, 0.15) is 0 Å². The molecule has 0 spiro atoms. The van der Waals surface area contributed by atoms with E-state index in [1.165, 1.54) is 57.7 Å². The maximum Gasteiger partial charge on any atom is 0.340 e. The summed E-state index contributed by atoms with van der Waals surface area (Å²) in [5.74, 6) is -0.0743. The maximum absolute atomic E-state index is 13.1. The molecule has 1 aromatic heterocycles. The summed E-state index contributed by atoms with van der Waals surface area (Å²) in [5, 5.41) is 3.39. The molecule has 2 N–H and O–H groups in total. The highest BCUT2D eigenvalue weighted by Gasteiger charge is 2.22. The van der Waals surface area contributed by atoms with Gasteiger partial charge in [0, 0.05) is 17.2 Å². The molecule has 186 valence electrons. The molecule has 10 nitrogen and oxygen atoms in total. The van der Waals surface area contributed by atoms with Crippen molar-refractivity contribution in [1.82, 2.24) is 9.97 Å². The van der Waals surface area contributed by atoms with Crippen LogP contribution in [-0.4, -0.2) is 45.7 Å². The Morgan fingerprint density at radius 1 is 0.861 bits per heavy atom. The second kappa shape index (κ2) is 10.3. The predicted octanol–water partition coefficient (Wildman–Crippen LogP) is 4.63. The number of carbonyl (C=O) groups excluding carboxylic acids is 1. The van der Waals surface area contributed by atoms with Crippen LogP contribution in [0.2, 0.25) is 5.02 Å². The summed E-state index contributed by atoms with van der Waals surface area (Å²) >= 11 is 5.90. The summed E-state index contributed by atoms with van der Waals surface area (Å²) in [6, 6.07) is 15.6. The summed E-state index contributed by atoms with van der Waals surface area (Å²) in [7, 11) is 0.0652. The summed E-state index contributed by atoms with van der Waals surface area (Å²) in [6.45, 7) is 0. The zero-order valence-corrected chi connectivity index (χ0v) is 21.0. The van der Waals surface area contributed by atoms with E-state index < -0.39 is 16.0 Å². The fourth-order valence-corrected chi connectivity index (χ4v) is 4.48. The van der Waals surface area contributed by atoms with Crippen LogP contribution in [0, 0.1) is 0 Å². The Bertz CT molecular complexity index is 1540. The monoisotopic (exact) mass is 528 g/mol. The molecule has 0 saturated heterocycles. The van der Waals surface area contributed by atoms with Crippen LogP contribution in [0.5, 0.6) is 11.5 Å². The second-order valence-corrected chi connectivity index (χ2v) is 9.46. The van der Waals surface area contributed by atoms with Gasteiger partial charge in [-0.3, -0.25) is 4.72 Å². The van der Waals surface area contributed by atoms with Gasteiger partial charge in [0.05, 0.1) is 48.5 Å². The van der Waals surface area contributed by atoms with E-state index in [-0.39, 0.29) is 27.8 Å². The lowest BCUT2D eigenvalue weighted by Gasteiger charge is -2.17. The fourth-order valence-electron chi connectivity index (χ4n) is 3.35. The molecule has 0 atom stereocenters. The number of hydrogen-bond donors (Lipinski definition) is 2. The molecular weight excluding hydrogens is 508 g/mol. The van der Waals surface area contributed by atoms with Crippen LogP contribution in [0.1, 0.15) is 10.4 Å². The van der Waals surface area contributed by atoms with Crippen molar-refractivity contribution in [2.75, 3.05) is 31.4 Å². The molecule has 0 fully saturated rings. The molecule has 12 heteroatoms. The van der Waals surface area contributed by atoms with E-state index in [9.17, 15) is 13.2 Å². The van der Waals surface area contributed by atoms with E-state index in [0.717, 1.165) is 0 Å². The standard InChI is InChI=1S/C24H21ClN4O6S/c1-33-20-12-16(24(30)35-3)19(13-21(20)34-2)28-22-23(27-18-7-5-4-6-17(18)26-22)29-36(31,32)15-10-8-14(25)9-11-15/h4-13H,1-3H3,(H,26,28)(H,27,29). The Kier molecular flexibility index (Phi) is 7.13. The normalized spacial score (nSPS) is 11.1. The van der Waals surface area contributed by atoms with Crippen molar-refractivity contribution in [2.24, 2.45) is 0 Å². The molecule has 3 aromatic carbocycles. The number of methoxy groups -OCH3 is 3. The third-order valence-corrected chi connectivity index (χ3v) is 6.71. The Balaban J connectivity index is 1.85. The third kappa shape index (κ3) is 5.11. The number of esters is 1. The summed E-state index contributed by atoms with van der Waals surface area (Å²) < 4.78 is 44.2. The zero-order valence-electron chi connectivity index (χ0n) is 19.4. The molecule has 36 heavy (non-hydrogen) atoms. The van der Waals surface area contributed by atoms with Crippen molar-refractivity contribution in [3.05, 3.63) is 71.2 Å². The van der Waals surface area contributed by atoms with Crippen molar-refractivity contribution >= 4 is 56.0 Å². The number of anilines is 3. The molecule has 1 heterocycles. The number of nitrogens with zero attached hydrogens (tertiary/aromatic N) is 2. The van der Waals surface area contributed by atoms with E-state index >= 15 is 0 Å². The first-order valence-corrected chi connectivity index (χ1v) is 12.3. The number of benzene rings is 3. The lowest BCUT2D eigenvalue weighted by molar-refractivity contribution is 0.0601. The Morgan fingerprint density at radius 3 is 2.03 bits per heavy atom. The predicted molar refractivity (Wildman–Crippen MR) is 136 cm³/mol. The second-order valence-electron chi connectivity index (χ2n) is 7.34. The topological polar surface area (TPSA) is 129 Å². The number of nitrogens with one attached hydrogen (secondary N) is 2. The average molecular weight is 529 g/mol. The summed E-state index contributed by atoms with van der Waals surface area (Å²) in [4.78, 5) is 21.5. The highest BCUT2D eigenvalue weighted by Crippen LogP contribution is 2.36. The quantitative estimate of drug-likeness (QED) is 0.314. The summed E-state index contributed by atoms with van der Waals surface area (Å²) in [5.41, 5.74) is 1.29. The lowest BCUT2D eigenvalue weighted by Crippen LogP contribution is -2.16. The zero-order chi connectivity index (χ0) is 25.9. The molecule has 0 aliphatic heterocycles. The number of halogens is 1. The average Bonchev–Trinajstić information content (AvgIpc) is 2.88. The van der Waals surface area contributed by atoms with Gasteiger partial charge in [0.15, 0.2) is 23.1 Å². The van der Waals surface area contributed by atoms with Crippen LogP contribution >= 0.6 is 11.6 Å². The molecular formula is C24H21ClN4O6S. The number of carbonyl (C=O) groups is 1. The van der Waals surface area contributed by atoms with Crippen molar-refractivity contribution < 1.29 is 27.4 Å². The largest absolute Gasteiger partial charge is 0.493 e. The van der Waals surface area contributed by atoms with Gasteiger partial charge in [-0.15, -0.1) is 0 Å². The first kappa shape index (κ1) is 25.0. The van der Waals surface area contributed by atoms with E-state index in [2.05, 4.69) is 20.0 Å². The molecule has 0 unspecified atom stereocenters. The van der Waals surface area contributed by atoms with Crippen molar-refractivity contribution in [1.29, 1.82) is 0 Å². The van der Waals surface area contributed by atoms with Gasteiger partial charge in [-0.25, -0.2) is 23.2 Å². The number of sulfonamides is 1. The number of hydrogen-bond acceptors (Lipinski definition) is 9. The summed E-state index contributed by atoms with van der Waals surface area (Å²) in [6.07, 6.45) is 0. The maximum atomic E-state index is 13.1. The van der Waals surface area contributed by atoms with E-state index in [1.807, 2.05) is 0 Å². The van der Waals surface area contributed by atoms with E-state index in [4.69, 9.17) is 25.8 Å². The van der Waals surface area contributed by atoms with Crippen LogP contribution in [0.15, 0.2) is 65.6 Å². The lowest BCUT2D eigenvalue weighted by atomic mass is 10.1. The smallest absolute Gasteiger partial charge is 0.340 e. The minimum Gasteiger partial charge on any atom is -0.493 e. The van der Waals surface area contributed by atoms with Crippen LogP contribution in [0.3, 0.4) is 0 Å². The van der Waals surface area contributed by atoms with Gasteiger partial charge in [-0.05, 0) is 36.4 Å². The van der Waals surface area contributed by atoms with Gasteiger partial charge in [-0.2, -0.15) is 0 Å². The molecule has 0 radical (unpaired) electrons. The SMILES string of the molecule is COC(=O)c1cc(OC)c(OC)cc1Nc1nc2ccccc2nc1NS(=O)(=O)c1ccc(Cl)cc1. The van der Waals surface area contributed by atoms with Gasteiger partial charge in [0.2, 0.25) is 0 Å². The first-order valence-electron chi connectivity index (χ1n) is 10.4. The minimum absolute atomic E-state index is 0.0193. The number of para-hydroxylation sites is 2. The van der Waals surface area contributed by atoms with Crippen molar-refractivity contribution in [3.63, 3.8) is 0 Å². The highest BCUT2D eigenvalue weighted by atomic mass is 35.5. The number of aromatic nitrogens is 2. The molecule has 0 saturated carbocycles. The highest BCUT2D eigenvalue weighted by molar-refractivity contribution is 7.92. The molecule has 4 aromatic rings. The number of fused-ring (bicyclic) bond motifs is 1. The van der Waals surface area contributed by atoms with Crippen molar-refractivity contribution in [3.8, 4) is 11.5 Å². The Morgan fingerprint density at radius 2 is 1.44 bits per heavy atom. The van der Waals surface area contributed by atoms with Gasteiger partial charge >= 0.3 is 5.97 Å². The molecule has 0 aliphatic rings. The molecule has 0 aliphatic carbocycles. The van der Waals surface area contributed by atoms with Crippen LogP contribution < -0.4 is 19.5 Å². The van der Waals surface area contributed by atoms with Gasteiger partial charge in [0.25, 0.3) is 10.0 Å². The minimum atomic E-state index is -4.06. The first-order chi connectivity index (χ1) is 17.2. The van der Waals surface area contributed by atoms with Crippen LogP contribution in [-0.2, 0) is 14.8 Å². The van der Waals surface area contributed by atoms with Crippen molar-refractivity contribution in [2.45, 2.75) is 4.90 Å². The van der Waals surface area contributed by atoms with Crippen LogP contribution in [0.25, 0.3) is 11.0 Å². The van der Waals surface area contributed by atoms with E-state index in [1.54, 1.807) is 24.3 Å². The van der Waals surface area contributed by atoms with Gasteiger partial charge in [-0.1, -0.05) is 23.7 Å². The molecule has 0 bridgehead atoms. The molecule has 0 amide bonds.